The molecule has 1 fully saturated rings. The van der Waals surface area contributed by atoms with Crippen LogP contribution in [0, 0.1) is 12.8 Å². The van der Waals surface area contributed by atoms with Gasteiger partial charge in [-0.15, -0.1) is 0 Å². The summed E-state index contributed by atoms with van der Waals surface area (Å²) in [5.74, 6) is 0.541. The molecule has 1 amide bonds. The SMILES string of the molecule is Cc1nn(C)c(C(=O)N[C@@H]2CCCC[C@H]2C)c1Br. The number of halogens is 1. The Morgan fingerprint density at radius 1 is 1.44 bits per heavy atom. The molecule has 1 heterocycles. The van der Waals surface area contributed by atoms with E-state index in [1.807, 2.05) is 6.92 Å². The number of amides is 1. The third-order valence-corrected chi connectivity index (χ3v) is 4.74. The maximum absolute atomic E-state index is 12.3. The van der Waals surface area contributed by atoms with Crippen LogP contribution >= 0.6 is 15.9 Å². The number of nitrogens with one attached hydrogen (secondary N) is 1. The van der Waals surface area contributed by atoms with E-state index in [2.05, 4.69) is 33.3 Å². The number of hydrogen-bond donors (Lipinski definition) is 1. The topological polar surface area (TPSA) is 46.9 Å². The maximum Gasteiger partial charge on any atom is 0.270 e. The van der Waals surface area contributed by atoms with Crippen molar-refractivity contribution in [3.05, 3.63) is 15.9 Å². The molecule has 1 aromatic rings. The largest absolute Gasteiger partial charge is 0.348 e. The molecule has 2 rings (SSSR count). The van der Waals surface area contributed by atoms with Gasteiger partial charge in [-0.05, 0) is 41.6 Å². The molecule has 0 aliphatic heterocycles. The van der Waals surface area contributed by atoms with Crippen molar-refractivity contribution in [2.75, 3.05) is 0 Å². The number of rotatable bonds is 2. The van der Waals surface area contributed by atoms with E-state index in [4.69, 9.17) is 0 Å². The zero-order chi connectivity index (χ0) is 13.3. The fourth-order valence-electron chi connectivity index (χ4n) is 2.65. The predicted molar refractivity (Wildman–Crippen MR) is 74.5 cm³/mol. The molecular formula is C13H20BrN3O. The molecule has 2 atom stereocenters. The van der Waals surface area contributed by atoms with Crippen molar-refractivity contribution >= 4 is 21.8 Å². The summed E-state index contributed by atoms with van der Waals surface area (Å²) in [5.41, 5.74) is 1.46. The fraction of sp³-hybridized carbons (Fsp3) is 0.692. The summed E-state index contributed by atoms with van der Waals surface area (Å²) in [6.07, 6.45) is 4.78. The van der Waals surface area contributed by atoms with Crippen molar-refractivity contribution in [3.8, 4) is 0 Å². The van der Waals surface area contributed by atoms with Gasteiger partial charge in [-0.25, -0.2) is 0 Å². The Hall–Kier alpha value is -0.840. The van der Waals surface area contributed by atoms with Crippen molar-refractivity contribution in [1.29, 1.82) is 0 Å². The van der Waals surface area contributed by atoms with Gasteiger partial charge in [0.2, 0.25) is 0 Å². The van der Waals surface area contributed by atoms with E-state index < -0.39 is 0 Å². The Balaban J connectivity index is 2.12. The summed E-state index contributed by atoms with van der Waals surface area (Å²) < 4.78 is 2.44. The summed E-state index contributed by atoms with van der Waals surface area (Å²) in [6.45, 7) is 4.11. The van der Waals surface area contributed by atoms with Gasteiger partial charge >= 0.3 is 0 Å². The molecule has 5 heteroatoms. The van der Waals surface area contributed by atoms with Gasteiger partial charge in [-0.2, -0.15) is 5.10 Å². The smallest absolute Gasteiger partial charge is 0.270 e. The van der Waals surface area contributed by atoms with Crippen LogP contribution in [0.4, 0.5) is 0 Å². The molecule has 0 saturated heterocycles. The number of aryl methyl sites for hydroxylation is 2. The molecule has 0 aromatic carbocycles. The Kier molecular flexibility index (Phi) is 4.10. The van der Waals surface area contributed by atoms with Crippen LogP contribution in [0.1, 0.15) is 48.8 Å². The molecule has 1 aliphatic rings. The van der Waals surface area contributed by atoms with Gasteiger partial charge in [0.1, 0.15) is 5.69 Å². The Morgan fingerprint density at radius 2 is 2.11 bits per heavy atom. The molecule has 4 nitrogen and oxygen atoms in total. The van der Waals surface area contributed by atoms with Gasteiger partial charge in [-0.3, -0.25) is 9.48 Å². The third kappa shape index (κ3) is 2.60. The average Bonchev–Trinajstić information content (AvgIpc) is 2.56. The van der Waals surface area contributed by atoms with E-state index in [0.717, 1.165) is 16.6 Å². The lowest BCUT2D eigenvalue weighted by molar-refractivity contribution is 0.0900. The van der Waals surface area contributed by atoms with Crippen LogP contribution < -0.4 is 5.32 Å². The van der Waals surface area contributed by atoms with Gasteiger partial charge in [-0.1, -0.05) is 19.8 Å². The van der Waals surface area contributed by atoms with E-state index in [1.165, 1.54) is 19.3 Å². The first-order chi connectivity index (χ1) is 8.50. The highest BCUT2D eigenvalue weighted by molar-refractivity contribution is 9.10. The van der Waals surface area contributed by atoms with E-state index in [1.54, 1.807) is 11.7 Å². The quantitative estimate of drug-likeness (QED) is 0.912. The zero-order valence-corrected chi connectivity index (χ0v) is 12.7. The molecule has 1 aromatic heterocycles. The monoisotopic (exact) mass is 313 g/mol. The van der Waals surface area contributed by atoms with Crippen molar-refractivity contribution in [3.63, 3.8) is 0 Å². The molecule has 1 aliphatic carbocycles. The van der Waals surface area contributed by atoms with Gasteiger partial charge in [0.05, 0.1) is 10.2 Å². The number of nitrogens with zero attached hydrogens (tertiary/aromatic N) is 2. The molecule has 0 spiro atoms. The van der Waals surface area contributed by atoms with Crippen molar-refractivity contribution in [2.24, 2.45) is 13.0 Å². The second kappa shape index (κ2) is 5.43. The first kappa shape index (κ1) is 13.6. The summed E-state index contributed by atoms with van der Waals surface area (Å²) in [4.78, 5) is 12.3. The van der Waals surface area contributed by atoms with Gasteiger partial charge in [0.15, 0.2) is 0 Å². The fourth-order valence-corrected chi connectivity index (χ4v) is 3.16. The standard InChI is InChI=1S/C13H20BrN3O/c1-8-6-4-5-7-10(8)15-13(18)12-11(14)9(2)16-17(12)3/h8,10H,4-7H2,1-3H3,(H,15,18)/t8-,10-/m1/s1. The summed E-state index contributed by atoms with van der Waals surface area (Å²) in [7, 11) is 1.80. The second-order valence-electron chi connectivity index (χ2n) is 5.21. The minimum Gasteiger partial charge on any atom is -0.348 e. The highest BCUT2D eigenvalue weighted by Crippen LogP contribution is 2.25. The third-order valence-electron chi connectivity index (χ3n) is 3.79. The van der Waals surface area contributed by atoms with Gasteiger partial charge in [0.25, 0.3) is 5.91 Å². The van der Waals surface area contributed by atoms with Crippen LogP contribution in [0.15, 0.2) is 4.47 Å². The van der Waals surface area contributed by atoms with E-state index in [-0.39, 0.29) is 5.91 Å². The van der Waals surface area contributed by atoms with Crippen LogP contribution in [-0.4, -0.2) is 21.7 Å². The van der Waals surface area contributed by atoms with E-state index >= 15 is 0 Å². The van der Waals surface area contributed by atoms with Gasteiger partial charge in [0, 0.05) is 13.1 Å². The van der Waals surface area contributed by atoms with E-state index in [9.17, 15) is 4.79 Å². The van der Waals surface area contributed by atoms with Crippen molar-refractivity contribution in [1.82, 2.24) is 15.1 Å². The first-order valence-electron chi connectivity index (χ1n) is 6.50. The minimum absolute atomic E-state index is 0.0243. The Morgan fingerprint density at radius 3 is 2.67 bits per heavy atom. The summed E-state index contributed by atoms with van der Waals surface area (Å²) >= 11 is 3.44. The summed E-state index contributed by atoms with van der Waals surface area (Å²) in [6, 6.07) is 0.299. The molecule has 0 bridgehead atoms. The van der Waals surface area contributed by atoms with E-state index in [0.29, 0.717) is 17.7 Å². The second-order valence-corrected chi connectivity index (χ2v) is 6.01. The Labute approximate surface area is 116 Å². The molecule has 100 valence electrons. The number of carbonyl (C=O) groups is 1. The van der Waals surface area contributed by atoms with Crippen LogP contribution in [0.3, 0.4) is 0 Å². The highest BCUT2D eigenvalue weighted by Gasteiger charge is 2.26. The number of aromatic nitrogens is 2. The molecule has 1 saturated carbocycles. The maximum atomic E-state index is 12.3. The van der Waals surface area contributed by atoms with Gasteiger partial charge < -0.3 is 5.32 Å². The lowest BCUT2D eigenvalue weighted by atomic mass is 9.86. The number of carbonyl (C=O) groups excluding carboxylic acids is 1. The molecular weight excluding hydrogens is 294 g/mol. The Bertz CT molecular complexity index is 455. The number of hydrogen-bond acceptors (Lipinski definition) is 2. The minimum atomic E-state index is -0.0243. The lowest BCUT2D eigenvalue weighted by Gasteiger charge is -2.29. The molecule has 0 unspecified atom stereocenters. The van der Waals surface area contributed by atoms with Crippen LogP contribution in [-0.2, 0) is 7.05 Å². The van der Waals surface area contributed by atoms with Crippen LogP contribution in [0.25, 0.3) is 0 Å². The first-order valence-corrected chi connectivity index (χ1v) is 7.30. The molecule has 0 radical (unpaired) electrons. The predicted octanol–water partition coefficient (Wildman–Crippen LogP) is 2.80. The van der Waals surface area contributed by atoms with Crippen LogP contribution in [0.2, 0.25) is 0 Å². The summed E-state index contributed by atoms with van der Waals surface area (Å²) in [5, 5.41) is 7.40. The average molecular weight is 314 g/mol. The molecule has 18 heavy (non-hydrogen) atoms. The molecule has 1 N–H and O–H groups in total. The van der Waals surface area contributed by atoms with Crippen molar-refractivity contribution in [2.45, 2.75) is 45.6 Å². The highest BCUT2D eigenvalue weighted by atomic mass is 79.9. The van der Waals surface area contributed by atoms with Crippen LogP contribution in [0.5, 0.6) is 0 Å². The van der Waals surface area contributed by atoms with Crippen molar-refractivity contribution < 1.29 is 4.79 Å². The zero-order valence-electron chi connectivity index (χ0n) is 11.2. The normalized spacial score (nSPS) is 24.0. The lowest BCUT2D eigenvalue weighted by Crippen LogP contribution is -2.41.